The van der Waals surface area contributed by atoms with Crippen molar-refractivity contribution in [2.24, 2.45) is 5.92 Å². The predicted octanol–water partition coefficient (Wildman–Crippen LogP) is 2.05. The van der Waals surface area contributed by atoms with Crippen LogP contribution in [-0.4, -0.2) is 16.0 Å². The molecular formula is C11H18N4. The van der Waals surface area contributed by atoms with Crippen LogP contribution in [0.1, 0.15) is 32.6 Å². The Bertz CT molecular complexity index is 320. The Morgan fingerprint density at radius 1 is 1.47 bits per heavy atom. The average molecular weight is 206 g/mol. The van der Waals surface area contributed by atoms with E-state index in [2.05, 4.69) is 22.2 Å². The third-order valence-electron chi connectivity index (χ3n) is 3.21. The van der Waals surface area contributed by atoms with Gasteiger partial charge in [0.1, 0.15) is 6.33 Å². The summed E-state index contributed by atoms with van der Waals surface area (Å²) in [7, 11) is 0. The molecule has 1 saturated carbocycles. The highest BCUT2D eigenvalue weighted by molar-refractivity contribution is 5.59. The number of aromatic nitrogens is 2. The quantitative estimate of drug-likeness (QED) is 0.794. The minimum absolute atomic E-state index is 0.449. The van der Waals surface area contributed by atoms with Crippen molar-refractivity contribution in [2.45, 2.75) is 38.6 Å². The first kappa shape index (κ1) is 10.2. The van der Waals surface area contributed by atoms with Crippen LogP contribution in [0.2, 0.25) is 0 Å². The van der Waals surface area contributed by atoms with E-state index in [1.807, 2.05) is 0 Å². The SMILES string of the molecule is CC(Nc1ncncc1N)C1CCCC1. The molecule has 0 radical (unpaired) electrons. The van der Waals surface area contributed by atoms with Crippen molar-refractivity contribution in [3.8, 4) is 0 Å². The lowest BCUT2D eigenvalue weighted by molar-refractivity contribution is 0.481. The zero-order valence-electron chi connectivity index (χ0n) is 9.11. The van der Waals surface area contributed by atoms with Gasteiger partial charge in [0.15, 0.2) is 5.82 Å². The number of nitrogens with zero attached hydrogens (tertiary/aromatic N) is 2. The topological polar surface area (TPSA) is 63.8 Å². The number of hydrogen-bond acceptors (Lipinski definition) is 4. The summed E-state index contributed by atoms with van der Waals surface area (Å²) in [5.74, 6) is 1.53. The second-order valence-corrected chi connectivity index (χ2v) is 4.30. The van der Waals surface area contributed by atoms with E-state index in [0.717, 1.165) is 11.7 Å². The molecule has 2 rings (SSSR count). The van der Waals surface area contributed by atoms with Crippen LogP contribution in [0.4, 0.5) is 11.5 Å². The Kier molecular flexibility index (Phi) is 3.04. The van der Waals surface area contributed by atoms with Crippen LogP contribution in [-0.2, 0) is 0 Å². The van der Waals surface area contributed by atoms with E-state index in [-0.39, 0.29) is 0 Å². The van der Waals surface area contributed by atoms with Crippen LogP contribution < -0.4 is 11.1 Å². The van der Waals surface area contributed by atoms with Crippen LogP contribution in [0.3, 0.4) is 0 Å². The van der Waals surface area contributed by atoms with Gasteiger partial charge >= 0.3 is 0 Å². The molecule has 0 aromatic carbocycles. The largest absolute Gasteiger partial charge is 0.394 e. The summed E-state index contributed by atoms with van der Waals surface area (Å²) in [6.45, 7) is 2.21. The van der Waals surface area contributed by atoms with Gasteiger partial charge in [0, 0.05) is 6.04 Å². The third kappa shape index (κ3) is 2.37. The number of anilines is 2. The minimum atomic E-state index is 0.449. The molecule has 0 spiro atoms. The lowest BCUT2D eigenvalue weighted by atomic mass is 10.00. The fourth-order valence-corrected chi connectivity index (χ4v) is 2.25. The van der Waals surface area contributed by atoms with E-state index in [0.29, 0.717) is 11.7 Å². The van der Waals surface area contributed by atoms with Gasteiger partial charge in [0.05, 0.1) is 11.9 Å². The standard InChI is InChI=1S/C11H18N4/c1-8(9-4-2-3-5-9)15-11-10(12)6-13-7-14-11/h6-9H,2-5,12H2,1H3,(H,13,14,15). The van der Waals surface area contributed by atoms with Crippen LogP contribution in [0.5, 0.6) is 0 Å². The summed E-state index contributed by atoms with van der Waals surface area (Å²) in [4.78, 5) is 8.02. The molecular weight excluding hydrogens is 188 g/mol. The normalized spacial score (nSPS) is 19.0. The van der Waals surface area contributed by atoms with Crippen molar-refractivity contribution in [3.05, 3.63) is 12.5 Å². The molecule has 4 heteroatoms. The van der Waals surface area contributed by atoms with Crippen molar-refractivity contribution in [1.29, 1.82) is 0 Å². The zero-order chi connectivity index (χ0) is 10.7. The summed E-state index contributed by atoms with van der Waals surface area (Å²) < 4.78 is 0. The number of nitrogens with one attached hydrogen (secondary N) is 1. The Morgan fingerprint density at radius 3 is 2.87 bits per heavy atom. The molecule has 1 aromatic rings. The van der Waals surface area contributed by atoms with Crippen LogP contribution >= 0.6 is 0 Å². The maximum atomic E-state index is 5.78. The zero-order valence-corrected chi connectivity index (χ0v) is 9.11. The molecule has 0 saturated heterocycles. The summed E-state index contributed by atoms with van der Waals surface area (Å²) in [5.41, 5.74) is 6.41. The maximum Gasteiger partial charge on any atom is 0.152 e. The third-order valence-corrected chi connectivity index (χ3v) is 3.21. The number of nitrogen functional groups attached to an aromatic ring is 1. The molecule has 0 bridgehead atoms. The van der Waals surface area contributed by atoms with Crippen molar-refractivity contribution < 1.29 is 0 Å². The summed E-state index contributed by atoms with van der Waals surface area (Å²) in [6, 6.07) is 0.449. The molecule has 1 atom stereocenters. The number of rotatable bonds is 3. The monoisotopic (exact) mass is 206 g/mol. The molecule has 1 fully saturated rings. The van der Waals surface area contributed by atoms with E-state index in [1.165, 1.54) is 32.0 Å². The second-order valence-electron chi connectivity index (χ2n) is 4.30. The van der Waals surface area contributed by atoms with Crippen molar-refractivity contribution in [3.63, 3.8) is 0 Å². The maximum absolute atomic E-state index is 5.78. The smallest absolute Gasteiger partial charge is 0.152 e. The molecule has 1 unspecified atom stereocenters. The van der Waals surface area contributed by atoms with Gasteiger partial charge < -0.3 is 11.1 Å². The van der Waals surface area contributed by atoms with E-state index < -0.39 is 0 Å². The lowest BCUT2D eigenvalue weighted by Crippen LogP contribution is -2.24. The van der Waals surface area contributed by atoms with Gasteiger partial charge in [-0.2, -0.15) is 0 Å². The highest BCUT2D eigenvalue weighted by atomic mass is 15.1. The highest BCUT2D eigenvalue weighted by Gasteiger charge is 2.21. The first-order chi connectivity index (χ1) is 7.27. The van der Waals surface area contributed by atoms with Crippen LogP contribution in [0, 0.1) is 5.92 Å². The first-order valence-electron chi connectivity index (χ1n) is 5.59. The van der Waals surface area contributed by atoms with E-state index in [4.69, 9.17) is 5.73 Å². The molecule has 0 amide bonds. The minimum Gasteiger partial charge on any atom is -0.394 e. The predicted molar refractivity (Wildman–Crippen MR) is 61.5 cm³/mol. The highest BCUT2D eigenvalue weighted by Crippen LogP contribution is 2.29. The molecule has 3 N–H and O–H groups in total. The van der Waals surface area contributed by atoms with Crippen LogP contribution in [0.25, 0.3) is 0 Å². The Labute approximate surface area is 90.3 Å². The first-order valence-corrected chi connectivity index (χ1v) is 5.59. The van der Waals surface area contributed by atoms with E-state index in [9.17, 15) is 0 Å². The van der Waals surface area contributed by atoms with Gasteiger partial charge in [-0.05, 0) is 25.7 Å². The van der Waals surface area contributed by atoms with Gasteiger partial charge in [-0.3, -0.25) is 0 Å². The Morgan fingerprint density at radius 2 is 2.20 bits per heavy atom. The second kappa shape index (κ2) is 4.47. The van der Waals surface area contributed by atoms with Crippen molar-refractivity contribution in [1.82, 2.24) is 9.97 Å². The van der Waals surface area contributed by atoms with E-state index in [1.54, 1.807) is 6.20 Å². The Balaban J connectivity index is 1.99. The van der Waals surface area contributed by atoms with Gasteiger partial charge in [-0.1, -0.05) is 12.8 Å². The summed E-state index contributed by atoms with van der Waals surface area (Å²) in [6.07, 6.45) is 8.51. The molecule has 4 nitrogen and oxygen atoms in total. The molecule has 1 aliphatic carbocycles. The van der Waals surface area contributed by atoms with Gasteiger partial charge in [-0.25, -0.2) is 9.97 Å². The van der Waals surface area contributed by atoms with Gasteiger partial charge in [-0.15, -0.1) is 0 Å². The average Bonchev–Trinajstić information content (AvgIpc) is 2.74. The lowest BCUT2D eigenvalue weighted by Gasteiger charge is -2.21. The fraction of sp³-hybridized carbons (Fsp3) is 0.636. The summed E-state index contributed by atoms with van der Waals surface area (Å²) >= 11 is 0. The molecule has 1 heterocycles. The van der Waals surface area contributed by atoms with Gasteiger partial charge in [0.2, 0.25) is 0 Å². The number of hydrogen-bond donors (Lipinski definition) is 2. The molecule has 15 heavy (non-hydrogen) atoms. The number of nitrogens with two attached hydrogens (primary N) is 1. The van der Waals surface area contributed by atoms with Crippen molar-refractivity contribution >= 4 is 11.5 Å². The van der Waals surface area contributed by atoms with Crippen LogP contribution in [0.15, 0.2) is 12.5 Å². The summed E-state index contributed by atoms with van der Waals surface area (Å²) in [5, 5.41) is 3.38. The van der Waals surface area contributed by atoms with Gasteiger partial charge in [0.25, 0.3) is 0 Å². The van der Waals surface area contributed by atoms with Crippen molar-refractivity contribution in [2.75, 3.05) is 11.1 Å². The molecule has 0 aliphatic heterocycles. The molecule has 82 valence electrons. The molecule has 1 aliphatic rings. The van der Waals surface area contributed by atoms with E-state index >= 15 is 0 Å². The fourth-order valence-electron chi connectivity index (χ4n) is 2.25. The Hall–Kier alpha value is -1.32. The molecule has 1 aromatic heterocycles.